The average molecular weight is 194 g/mol. The van der Waals surface area contributed by atoms with E-state index in [0.717, 1.165) is 0 Å². The molecule has 62 valence electrons. The van der Waals surface area contributed by atoms with Crippen LogP contribution in [0.15, 0.2) is 0 Å². The van der Waals surface area contributed by atoms with E-state index in [1.807, 2.05) is 6.66 Å². The summed E-state index contributed by atoms with van der Waals surface area (Å²) in [6.45, 7) is 1.92. The first-order chi connectivity index (χ1) is 3.45. The Hall–Kier alpha value is 0.440. The SMILES string of the molecule is CP.F[P-](F)(F)(F)(F)F.[H+]. The predicted molar refractivity (Wildman–Crippen MR) is 30.3 cm³/mol. The van der Waals surface area contributed by atoms with Crippen LogP contribution in [0.25, 0.3) is 0 Å². The van der Waals surface area contributed by atoms with Gasteiger partial charge >= 0.3 is 34.4 Å². The quantitative estimate of drug-likeness (QED) is 0.404. The molecule has 0 nitrogen and oxygen atoms in total. The van der Waals surface area contributed by atoms with Crippen molar-refractivity contribution in [1.29, 1.82) is 0 Å². The first-order valence-electron chi connectivity index (χ1n) is 1.59. The fourth-order valence-corrected chi connectivity index (χ4v) is 0. The fourth-order valence-electron chi connectivity index (χ4n) is 0. The van der Waals surface area contributed by atoms with Crippen molar-refractivity contribution in [2.45, 2.75) is 0 Å². The summed E-state index contributed by atoms with van der Waals surface area (Å²) in [5, 5.41) is 0. The summed E-state index contributed by atoms with van der Waals surface area (Å²) in [6.07, 6.45) is 0. The van der Waals surface area contributed by atoms with Crippen LogP contribution in [0.3, 0.4) is 0 Å². The van der Waals surface area contributed by atoms with Gasteiger partial charge in [-0.25, -0.2) is 0 Å². The summed E-state index contributed by atoms with van der Waals surface area (Å²) in [4.78, 5) is 0. The molecular formula is CH6F6P2. The van der Waals surface area contributed by atoms with Gasteiger partial charge in [-0.2, -0.15) is 0 Å². The zero-order valence-corrected chi connectivity index (χ0v) is 6.34. The molecule has 0 aromatic rings. The van der Waals surface area contributed by atoms with Crippen molar-refractivity contribution in [3.8, 4) is 0 Å². The van der Waals surface area contributed by atoms with Crippen LogP contribution in [0.2, 0.25) is 0 Å². The van der Waals surface area contributed by atoms with Gasteiger partial charge in [-0.05, 0) is 0 Å². The van der Waals surface area contributed by atoms with Crippen molar-refractivity contribution in [3.05, 3.63) is 0 Å². The summed E-state index contributed by atoms with van der Waals surface area (Å²) < 4.78 is 59.2. The Labute approximate surface area is 51.5 Å². The largest absolute Gasteiger partial charge is 1.00 e. The molecule has 0 aliphatic carbocycles. The maximum atomic E-state index is 9.87. The molecule has 1 unspecified atom stereocenters. The minimum Gasteiger partial charge on any atom is 1.00 e. The van der Waals surface area contributed by atoms with Crippen molar-refractivity contribution < 1.29 is 26.6 Å². The van der Waals surface area contributed by atoms with Crippen LogP contribution in [0.4, 0.5) is 25.2 Å². The minimum absolute atomic E-state index is 0. The molecule has 0 heterocycles. The molecule has 0 rings (SSSR count). The molecule has 1 atom stereocenters. The maximum absolute atomic E-state index is 10.7. The Morgan fingerprint density at radius 3 is 0.889 bits per heavy atom. The molecule has 0 aliphatic heterocycles. The fraction of sp³-hybridized carbons (Fsp3) is 1.00. The molecule has 0 aliphatic rings. The number of hydrogen-bond acceptors (Lipinski definition) is 0. The average Bonchev–Trinajstić information content (AvgIpc) is 1.30. The molecule has 8 heteroatoms. The van der Waals surface area contributed by atoms with Gasteiger partial charge in [0.1, 0.15) is 0 Å². The van der Waals surface area contributed by atoms with Crippen molar-refractivity contribution in [3.63, 3.8) is 0 Å². The van der Waals surface area contributed by atoms with Crippen LogP contribution in [0.5, 0.6) is 0 Å². The molecule has 9 heavy (non-hydrogen) atoms. The predicted octanol–water partition coefficient (Wildman–Crippen LogP) is 3.99. The first-order valence-corrected chi connectivity index (χ1v) is 4.77. The van der Waals surface area contributed by atoms with Crippen LogP contribution >= 0.6 is 17.0 Å². The Morgan fingerprint density at radius 2 is 0.889 bits per heavy atom. The second-order valence-corrected chi connectivity index (χ2v) is 2.87. The normalized spacial score (nSPS) is 18.7. The van der Waals surface area contributed by atoms with Crippen molar-refractivity contribution in [1.82, 2.24) is 0 Å². The molecule has 0 spiro atoms. The molecule has 0 amide bonds. The summed E-state index contributed by atoms with van der Waals surface area (Å²) in [6, 6.07) is 0. The van der Waals surface area contributed by atoms with Crippen LogP contribution in [0.1, 0.15) is 1.43 Å². The molecule has 0 fully saturated rings. The number of halogens is 6. The third-order valence-electron chi connectivity index (χ3n) is 0. The van der Waals surface area contributed by atoms with E-state index in [-0.39, 0.29) is 1.43 Å². The van der Waals surface area contributed by atoms with E-state index in [4.69, 9.17) is 0 Å². The molecule has 0 aromatic heterocycles. The third kappa shape index (κ3) is 1810. The van der Waals surface area contributed by atoms with E-state index in [1.165, 1.54) is 0 Å². The van der Waals surface area contributed by atoms with E-state index in [9.17, 15) is 25.2 Å². The van der Waals surface area contributed by atoms with Crippen molar-refractivity contribution in [2.75, 3.05) is 6.66 Å². The molecular weight excluding hydrogens is 188 g/mol. The van der Waals surface area contributed by atoms with E-state index < -0.39 is 7.81 Å². The first kappa shape index (κ1) is 12.1. The zero-order valence-electron chi connectivity index (χ0n) is 5.29. The van der Waals surface area contributed by atoms with E-state index in [1.54, 1.807) is 0 Å². The second kappa shape index (κ2) is 1.96. The molecule has 0 bridgehead atoms. The van der Waals surface area contributed by atoms with Crippen molar-refractivity contribution >= 4 is 17.0 Å². The maximum Gasteiger partial charge on any atom is 1.00 e. The van der Waals surface area contributed by atoms with E-state index >= 15 is 0 Å². The molecule has 0 radical (unpaired) electrons. The summed E-state index contributed by atoms with van der Waals surface area (Å²) >= 11 is 0. The molecule has 0 aromatic carbocycles. The molecule has 0 N–H and O–H groups in total. The van der Waals surface area contributed by atoms with Gasteiger partial charge in [0.15, 0.2) is 0 Å². The second-order valence-electron chi connectivity index (χ2n) is 0.958. The number of rotatable bonds is 0. The van der Waals surface area contributed by atoms with Gasteiger partial charge in [-0.3, -0.25) is 0 Å². The van der Waals surface area contributed by atoms with Gasteiger partial charge in [-0.15, -0.1) is 9.24 Å². The van der Waals surface area contributed by atoms with E-state index in [0.29, 0.717) is 0 Å². The summed E-state index contributed by atoms with van der Waals surface area (Å²) in [7, 11) is -8.24. The smallest absolute Gasteiger partial charge is 1.00 e. The van der Waals surface area contributed by atoms with Crippen LogP contribution in [0, 0.1) is 0 Å². The Balaban J connectivity index is -0.000000149. The van der Waals surface area contributed by atoms with Crippen LogP contribution < -0.4 is 0 Å². The molecule has 0 saturated carbocycles. The van der Waals surface area contributed by atoms with Crippen LogP contribution in [-0.4, -0.2) is 6.66 Å². The molecule has 0 saturated heterocycles. The van der Waals surface area contributed by atoms with Gasteiger partial charge in [0, 0.05) is 0 Å². The minimum atomic E-state index is -10.7. The van der Waals surface area contributed by atoms with Gasteiger partial charge in [-0.1, -0.05) is 6.66 Å². The zero-order chi connectivity index (χ0) is 8.41. The Kier molecular flexibility index (Phi) is 2.65. The standard InChI is InChI=1S/CH5P.F6P/c1-2;1-7(2,3,4,5)6/h2H2,1H3;/q;-1/p+1. The van der Waals surface area contributed by atoms with Gasteiger partial charge in [0.2, 0.25) is 0 Å². The van der Waals surface area contributed by atoms with Gasteiger partial charge in [0.05, 0.1) is 0 Å². The van der Waals surface area contributed by atoms with Gasteiger partial charge in [0.25, 0.3) is 0 Å². The summed E-state index contributed by atoms with van der Waals surface area (Å²) in [5.41, 5.74) is 0. The van der Waals surface area contributed by atoms with Crippen molar-refractivity contribution in [2.24, 2.45) is 0 Å². The van der Waals surface area contributed by atoms with Gasteiger partial charge < -0.3 is 0 Å². The monoisotopic (exact) mass is 194 g/mol. The topological polar surface area (TPSA) is 0 Å². The Morgan fingerprint density at radius 1 is 0.889 bits per heavy atom. The van der Waals surface area contributed by atoms with E-state index in [2.05, 4.69) is 9.24 Å². The Bertz CT molecular complexity index is 74.3. The van der Waals surface area contributed by atoms with Crippen LogP contribution in [-0.2, 0) is 0 Å². The number of hydrogen-bond donors (Lipinski definition) is 0. The third-order valence-corrected chi connectivity index (χ3v) is 0. The summed E-state index contributed by atoms with van der Waals surface area (Å²) in [5.74, 6) is 0.